The van der Waals surface area contributed by atoms with Crippen molar-refractivity contribution in [2.24, 2.45) is 0 Å². The molecule has 0 fully saturated rings. The second kappa shape index (κ2) is 16.4. The predicted molar refractivity (Wildman–Crippen MR) is 158 cm³/mol. The number of nitrogens with zero attached hydrogens (tertiary/aromatic N) is 2. The number of carboxylic acids is 1. The molecule has 1 aromatic heterocycles. The summed E-state index contributed by atoms with van der Waals surface area (Å²) in [5.74, 6) is -3.57. The Morgan fingerprint density at radius 1 is 0.957 bits per heavy atom. The monoisotopic (exact) mass is 667 g/mol. The van der Waals surface area contributed by atoms with Crippen LogP contribution in [0.1, 0.15) is 47.7 Å². The van der Waals surface area contributed by atoms with Gasteiger partial charge in [-0.25, -0.2) is 13.6 Å². The van der Waals surface area contributed by atoms with E-state index in [1.54, 1.807) is 30.3 Å². The first kappa shape index (κ1) is 37.7. The van der Waals surface area contributed by atoms with E-state index in [2.05, 4.69) is 5.32 Å². The average Bonchev–Trinajstić information content (AvgIpc) is 3.01. The molecule has 1 atom stereocenters. The van der Waals surface area contributed by atoms with Gasteiger partial charge in [0.05, 0.1) is 37.4 Å². The molecule has 0 aliphatic heterocycles. The summed E-state index contributed by atoms with van der Waals surface area (Å²) in [5.41, 5.74) is -4.20. The number of alkyl halides is 3. The van der Waals surface area contributed by atoms with Gasteiger partial charge < -0.3 is 20.0 Å². The number of aliphatic carboxylic acids is 1. The fourth-order valence-corrected chi connectivity index (χ4v) is 5.29. The standard InChI is InChI=1S/C33H32F5N3O5.Na/c1-20-29(22-12-8-15-27(46-2)30(22)35)31(44)41(19-26(21-10-4-3-5-11-21)39-17-7-6-16-28(42)43)32(45)40(20)18-23-24(33(36,37)38)13-9-14-25(23)34;/h3-5,8-15,26,39H,6-7,16-19H2,1-2H3,(H,42,43);/q;+1/p-1/t26-;/m0./s1. The first-order valence-corrected chi connectivity index (χ1v) is 14.3. The summed E-state index contributed by atoms with van der Waals surface area (Å²) in [7, 11) is 1.22. The van der Waals surface area contributed by atoms with Crippen molar-refractivity contribution in [2.45, 2.75) is 51.5 Å². The number of carboxylic acid groups (broad SMARTS) is 1. The molecule has 4 aromatic rings. The number of hydrogen-bond acceptors (Lipinski definition) is 6. The van der Waals surface area contributed by atoms with Gasteiger partial charge in [-0.2, -0.15) is 13.2 Å². The summed E-state index contributed by atoms with van der Waals surface area (Å²) >= 11 is 0. The molecule has 0 amide bonds. The van der Waals surface area contributed by atoms with Gasteiger partial charge in [0, 0.05) is 22.8 Å². The molecule has 0 saturated heterocycles. The van der Waals surface area contributed by atoms with Crippen LogP contribution in [0.25, 0.3) is 11.1 Å². The molecular formula is C33H31F5N3NaO5. The van der Waals surface area contributed by atoms with E-state index < -0.39 is 58.7 Å². The topological polar surface area (TPSA) is 105 Å². The van der Waals surface area contributed by atoms with E-state index in [0.717, 1.165) is 21.3 Å². The van der Waals surface area contributed by atoms with Crippen LogP contribution in [0.2, 0.25) is 0 Å². The molecule has 0 aliphatic carbocycles. The fourth-order valence-electron chi connectivity index (χ4n) is 5.29. The van der Waals surface area contributed by atoms with Gasteiger partial charge in [-0.15, -0.1) is 0 Å². The molecule has 8 nitrogen and oxygen atoms in total. The van der Waals surface area contributed by atoms with E-state index in [1.807, 2.05) is 0 Å². The first-order valence-electron chi connectivity index (χ1n) is 14.3. The Balaban J connectivity index is 0.00000600. The maximum Gasteiger partial charge on any atom is 1.00 e. The van der Waals surface area contributed by atoms with Gasteiger partial charge in [0.15, 0.2) is 11.6 Å². The van der Waals surface area contributed by atoms with E-state index in [9.17, 15) is 37.1 Å². The van der Waals surface area contributed by atoms with Gasteiger partial charge in [-0.1, -0.05) is 48.5 Å². The summed E-state index contributed by atoms with van der Waals surface area (Å²) < 4.78 is 79.0. The Morgan fingerprint density at radius 2 is 1.64 bits per heavy atom. The first-order chi connectivity index (χ1) is 21.8. The summed E-state index contributed by atoms with van der Waals surface area (Å²) in [6.07, 6.45) is -4.40. The minimum atomic E-state index is -4.95. The van der Waals surface area contributed by atoms with Crippen molar-refractivity contribution in [2.75, 3.05) is 13.7 Å². The Hall–Kier alpha value is -3.78. The van der Waals surface area contributed by atoms with Crippen LogP contribution in [0, 0.1) is 18.6 Å². The third-order valence-electron chi connectivity index (χ3n) is 7.65. The molecular weight excluding hydrogens is 636 g/mol. The molecule has 14 heteroatoms. The number of ether oxygens (including phenoxy) is 1. The van der Waals surface area contributed by atoms with Crippen LogP contribution >= 0.6 is 0 Å². The maximum atomic E-state index is 15.6. The Labute approximate surface area is 289 Å². The van der Waals surface area contributed by atoms with E-state index in [4.69, 9.17) is 4.74 Å². The number of nitrogens with one attached hydrogen (secondary N) is 1. The van der Waals surface area contributed by atoms with Crippen molar-refractivity contribution in [3.05, 3.63) is 122 Å². The second-order valence-electron chi connectivity index (χ2n) is 10.6. The fraction of sp³-hybridized carbons (Fsp3) is 0.303. The Kier molecular flexibility index (Phi) is 13.1. The van der Waals surface area contributed by atoms with Crippen LogP contribution in [-0.2, 0) is 24.1 Å². The van der Waals surface area contributed by atoms with Gasteiger partial charge >= 0.3 is 41.4 Å². The molecule has 47 heavy (non-hydrogen) atoms. The van der Waals surface area contributed by atoms with Crippen LogP contribution in [0.5, 0.6) is 5.75 Å². The second-order valence-corrected chi connectivity index (χ2v) is 10.6. The summed E-state index contributed by atoms with van der Waals surface area (Å²) in [5, 5.41) is 14.0. The quantitative estimate of drug-likeness (QED) is 0.132. The van der Waals surface area contributed by atoms with Gasteiger partial charge in [0.25, 0.3) is 5.56 Å². The number of carbonyl (C=O) groups is 1. The van der Waals surface area contributed by atoms with E-state index in [1.165, 1.54) is 32.2 Å². The molecule has 0 radical (unpaired) electrons. The van der Waals surface area contributed by atoms with Gasteiger partial charge in [-0.05, 0) is 56.5 Å². The van der Waals surface area contributed by atoms with Crippen molar-refractivity contribution in [1.82, 2.24) is 14.5 Å². The molecule has 0 aliphatic rings. The predicted octanol–water partition coefficient (Wildman–Crippen LogP) is 1.59. The van der Waals surface area contributed by atoms with E-state index >= 15 is 4.39 Å². The van der Waals surface area contributed by atoms with Crippen molar-refractivity contribution < 1.29 is 66.1 Å². The number of halogens is 5. The van der Waals surface area contributed by atoms with Crippen LogP contribution in [0.3, 0.4) is 0 Å². The number of benzene rings is 3. The number of unbranched alkanes of at least 4 members (excludes halogenated alkanes) is 1. The third-order valence-corrected chi connectivity index (χ3v) is 7.65. The van der Waals surface area contributed by atoms with Gasteiger partial charge in [-0.3, -0.25) is 13.9 Å². The average molecular weight is 668 g/mol. The van der Waals surface area contributed by atoms with Gasteiger partial charge in [0.2, 0.25) is 0 Å². The van der Waals surface area contributed by atoms with Crippen molar-refractivity contribution in [1.29, 1.82) is 0 Å². The van der Waals surface area contributed by atoms with Crippen LogP contribution in [-0.4, -0.2) is 28.8 Å². The summed E-state index contributed by atoms with van der Waals surface area (Å²) in [6.45, 7) is 0.311. The summed E-state index contributed by atoms with van der Waals surface area (Å²) in [4.78, 5) is 38.9. The molecule has 0 spiro atoms. The minimum absolute atomic E-state index is 0. The van der Waals surface area contributed by atoms with Crippen molar-refractivity contribution >= 4 is 5.97 Å². The van der Waals surface area contributed by atoms with Crippen molar-refractivity contribution in [3.8, 4) is 16.9 Å². The molecule has 1 heterocycles. The molecule has 1 N–H and O–H groups in total. The normalized spacial score (nSPS) is 12.0. The molecule has 3 aromatic carbocycles. The zero-order valence-corrected chi connectivity index (χ0v) is 28.0. The number of aromatic nitrogens is 2. The Bertz CT molecular complexity index is 1830. The Morgan fingerprint density at radius 3 is 2.28 bits per heavy atom. The minimum Gasteiger partial charge on any atom is -0.550 e. The number of methoxy groups -OCH3 is 1. The molecule has 0 unspecified atom stereocenters. The number of rotatable bonds is 13. The molecule has 4 rings (SSSR count). The maximum absolute atomic E-state index is 15.6. The molecule has 0 saturated carbocycles. The number of hydrogen-bond donors (Lipinski definition) is 1. The van der Waals surface area contributed by atoms with Gasteiger partial charge in [0.1, 0.15) is 5.82 Å². The zero-order chi connectivity index (χ0) is 33.6. The third kappa shape index (κ3) is 8.78. The zero-order valence-electron chi connectivity index (χ0n) is 26.0. The SMILES string of the molecule is COc1cccc(-c2c(C)n(Cc3c(F)cccc3C(F)(F)F)c(=O)n(C[C@H](NCCCCC(=O)[O-])c3ccccc3)c2=O)c1F.[Na+]. The smallest absolute Gasteiger partial charge is 0.550 e. The molecule has 244 valence electrons. The van der Waals surface area contributed by atoms with Crippen LogP contribution < -0.4 is 56.0 Å². The largest absolute Gasteiger partial charge is 1.00 e. The van der Waals surface area contributed by atoms with E-state index in [0.29, 0.717) is 24.5 Å². The summed E-state index contributed by atoms with van der Waals surface area (Å²) in [6, 6.07) is 14.4. The number of carbonyl (C=O) groups excluding carboxylic acids is 1. The van der Waals surface area contributed by atoms with Crippen LogP contribution in [0.4, 0.5) is 22.0 Å². The van der Waals surface area contributed by atoms with Crippen molar-refractivity contribution in [3.63, 3.8) is 0 Å². The van der Waals surface area contributed by atoms with E-state index in [-0.39, 0.29) is 71.6 Å². The van der Waals surface area contributed by atoms with Crippen LogP contribution in [0.15, 0.2) is 76.3 Å². The molecule has 0 bridgehead atoms.